The van der Waals surface area contributed by atoms with Crippen LogP contribution in [0.25, 0.3) is 0 Å². The molecular formula is C8H21F2N3Zr. The Kier molecular flexibility index (Phi) is 87.3. The first-order chi connectivity index (χ1) is 6.91. The third-order valence-corrected chi connectivity index (χ3v) is 0.655. The SMILES string of the molecule is C1=CCC=C1.CN.CN.CN.[F][Zr][F]. The Bertz CT molecular complexity index is 90.6. The van der Waals surface area contributed by atoms with E-state index in [0.29, 0.717) is 0 Å². The van der Waals surface area contributed by atoms with E-state index in [1.807, 2.05) is 0 Å². The molecule has 14 heavy (non-hydrogen) atoms. The third kappa shape index (κ3) is 57.3. The van der Waals surface area contributed by atoms with Crippen LogP contribution >= 0.6 is 0 Å². The number of halogens is 2. The predicted octanol–water partition coefficient (Wildman–Crippen LogP) is 1.07. The van der Waals surface area contributed by atoms with Gasteiger partial charge < -0.3 is 17.2 Å². The molecule has 0 atom stereocenters. The van der Waals surface area contributed by atoms with E-state index in [0.717, 1.165) is 6.42 Å². The molecule has 1 aliphatic rings. The van der Waals surface area contributed by atoms with Crippen molar-refractivity contribution < 1.29 is 29.7 Å². The van der Waals surface area contributed by atoms with Gasteiger partial charge >= 0.3 is 29.7 Å². The van der Waals surface area contributed by atoms with E-state index in [-0.39, 0.29) is 0 Å². The first-order valence-electron chi connectivity index (χ1n) is 3.93. The zero-order valence-corrected chi connectivity index (χ0v) is 11.5. The molecule has 0 saturated carbocycles. The van der Waals surface area contributed by atoms with Crippen molar-refractivity contribution >= 4 is 0 Å². The first-order valence-corrected chi connectivity index (χ1v) is 5.78. The van der Waals surface area contributed by atoms with Crippen molar-refractivity contribution in [1.29, 1.82) is 0 Å². The molecular weight excluding hydrogens is 267 g/mol. The molecule has 0 heterocycles. The molecule has 1 rings (SSSR count). The van der Waals surface area contributed by atoms with Gasteiger partial charge in [-0.15, -0.1) is 0 Å². The number of hydrogen-bond donors (Lipinski definition) is 3. The standard InChI is InChI=1S/C5H6.3CH5N.2FH.Zr/c1-2-4-5-3-1;3*1-2;;;/h1-4H,5H2;3*2H2,1H3;2*1H;/q;;;;;;+2/p-2. The molecule has 0 bridgehead atoms. The zero-order valence-electron chi connectivity index (χ0n) is 9.00. The maximum absolute atomic E-state index is 9.80. The van der Waals surface area contributed by atoms with Crippen molar-refractivity contribution in [2.24, 2.45) is 17.2 Å². The van der Waals surface area contributed by atoms with Crippen LogP contribution in [0.1, 0.15) is 6.42 Å². The third-order valence-electron chi connectivity index (χ3n) is 0.655. The fourth-order valence-corrected chi connectivity index (χ4v) is 0.393. The van der Waals surface area contributed by atoms with Gasteiger partial charge in [-0.05, 0) is 27.6 Å². The Labute approximate surface area is 98.7 Å². The van der Waals surface area contributed by atoms with Crippen LogP contribution in [0.3, 0.4) is 0 Å². The van der Waals surface area contributed by atoms with E-state index in [9.17, 15) is 5.25 Å². The maximum atomic E-state index is 9.80. The molecule has 6 heteroatoms. The summed E-state index contributed by atoms with van der Waals surface area (Å²) in [5.74, 6) is 0. The van der Waals surface area contributed by atoms with Gasteiger partial charge in [0.1, 0.15) is 0 Å². The number of rotatable bonds is 0. The number of hydrogen-bond acceptors (Lipinski definition) is 3. The molecule has 0 aromatic carbocycles. The van der Waals surface area contributed by atoms with Gasteiger partial charge in [-0.1, -0.05) is 24.3 Å². The van der Waals surface area contributed by atoms with Gasteiger partial charge in [-0.25, -0.2) is 0 Å². The van der Waals surface area contributed by atoms with Crippen molar-refractivity contribution in [3.05, 3.63) is 24.3 Å². The second-order valence-electron chi connectivity index (χ2n) is 1.16. The summed E-state index contributed by atoms with van der Waals surface area (Å²) in [6.07, 6.45) is 9.50. The van der Waals surface area contributed by atoms with Crippen LogP contribution < -0.4 is 17.2 Å². The van der Waals surface area contributed by atoms with Crippen molar-refractivity contribution in [2.45, 2.75) is 6.42 Å². The molecule has 0 aliphatic heterocycles. The monoisotopic (exact) mass is 287 g/mol. The van der Waals surface area contributed by atoms with Gasteiger partial charge in [0, 0.05) is 0 Å². The van der Waals surface area contributed by atoms with E-state index >= 15 is 0 Å². The van der Waals surface area contributed by atoms with E-state index in [2.05, 4.69) is 41.5 Å². The topological polar surface area (TPSA) is 78.1 Å². The minimum atomic E-state index is -2.77. The first kappa shape index (κ1) is 23.7. The number of nitrogens with two attached hydrogens (primary N) is 3. The molecule has 0 aromatic heterocycles. The normalized spacial score (nSPS) is 8.57. The summed E-state index contributed by atoms with van der Waals surface area (Å²) < 4.78 is 19.6. The summed E-state index contributed by atoms with van der Waals surface area (Å²) in [7, 11) is 4.50. The molecule has 0 unspecified atom stereocenters. The van der Waals surface area contributed by atoms with E-state index in [1.165, 1.54) is 21.1 Å². The van der Waals surface area contributed by atoms with Crippen LogP contribution in [0, 0.1) is 0 Å². The molecule has 0 saturated heterocycles. The Morgan fingerprint density at radius 2 is 1.07 bits per heavy atom. The summed E-state index contributed by atoms with van der Waals surface area (Å²) in [5.41, 5.74) is 13.5. The van der Waals surface area contributed by atoms with Crippen molar-refractivity contribution in [3.63, 3.8) is 0 Å². The quantitative estimate of drug-likeness (QED) is 0.624. The van der Waals surface area contributed by atoms with E-state index in [1.54, 1.807) is 0 Å². The minimum absolute atomic E-state index is 1.14. The van der Waals surface area contributed by atoms with E-state index < -0.39 is 24.5 Å². The molecule has 0 aromatic rings. The molecule has 0 fully saturated rings. The van der Waals surface area contributed by atoms with Gasteiger partial charge in [0.05, 0.1) is 0 Å². The summed E-state index contributed by atoms with van der Waals surface area (Å²) in [5, 5.41) is 0. The fraction of sp³-hybridized carbons (Fsp3) is 0.500. The van der Waals surface area contributed by atoms with Crippen LogP contribution in [0.4, 0.5) is 5.25 Å². The average Bonchev–Trinajstić information content (AvgIpc) is 2.85. The summed E-state index contributed by atoms with van der Waals surface area (Å²) in [6, 6.07) is 0. The Hall–Kier alpha value is 0.103. The van der Waals surface area contributed by atoms with Crippen LogP contribution in [0.2, 0.25) is 0 Å². The van der Waals surface area contributed by atoms with Gasteiger partial charge in [0.2, 0.25) is 0 Å². The van der Waals surface area contributed by atoms with Crippen LogP contribution in [0.15, 0.2) is 24.3 Å². The molecule has 86 valence electrons. The van der Waals surface area contributed by atoms with Crippen LogP contribution in [0.5, 0.6) is 0 Å². The average molecular weight is 288 g/mol. The van der Waals surface area contributed by atoms with E-state index in [4.69, 9.17) is 0 Å². The second kappa shape index (κ2) is 51.5. The number of allylic oxidation sites excluding steroid dienone is 4. The van der Waals surface area contributed by atoms with Crippen molar-refractivity contribution in [3.8, 4) is 0 Å². The van der Waals surface area contributed by atoms with Crippen LogP contribution in [-0.2, 0) is 24.5 Å². The molecule has 0 spiro atoms. The van der Waals surface area contributed by atoms with Gasteiger partial charge in [0.15, 0.2) is 0 Å². The summed E-state index contributed by atoms with van der Waals surface area (Å²) >= 11 is -2.77. The van der Waals surface area contributed by atoms with Gasteiger partial charge in [-0.2, -0.15) is 0 Å². The molecule has 0 amide bonds. The fourth-order valence-electron chi connectivity index (χ4n) is 0.393. The molecule has 1 aliphatic carbocycles. The van der Waals surface area contributed by atoms with Gasteiger partial charge in [0.25, 0.3) is 0 Å². The Morgan fingerprint density at radius 3 is 1.14 bits per heavy atom. The zero-order chi connectivity index (χ0) is 12.2. The summed E-state index contributed by atoms with van der Waals surface area (Å²) in [4.78, 5) is 0. The van der Waals surface area contributed by atoms with Crippen molar-refractivity contribution in [1.82, 2.24) is 0 Å². The van der Waals surface area contributed by atoms with Crippen LogP contribution in [-0.4, -0.2) is 21.1 Å². The molecule has 6 N–H and O–H groups in total. The molecule has 3 nitrogen and oxygen atoms in total. The van der Waals surface area contributed by atoms with Crippen molar-refractivity contribution in [2.75, 3.05) is 21.1 Å². The Morgan fingerprint density at radius 1 is 0.857 bits per heavy atom. The predicted molar refractivity (Wildman–Crippen MR) is 55.4 cm³/mol. The Balaban J connectivity index is -0.0000000494. The summed E-state index contributed by atoms with van der Waals surface area (Å²) in [6.45, 7) is 0. The van der Waals surface area contributed by atoms with Gasteiger partial charge in [-0.3, -0.25) is 0 Å². The second-order valence-corrected chi connectivity index (χ2v) is 1.51. The molecule has 0 radical (unpaired) electrons.